The molecule has 1 aromatic heterocycles. The Morgan fingerprint density at radius 2 is 1.68 bits per heavy atom. The van der Waals surface area contributed by atoms with Gasteiger partial charge in [0.15, 0.2) is 0 Å². The molecule has 0 N–H and O–H groups in total. The molecular weight excluding hydrogens is 450 g/mol. The van der Waals surface area contributed by atoms with Crippen molar-refractivity contribution < 1.29 is 14.4 Å². The number of nitrogens with zero attached hydrogens (tertiary/aromatic N) is 3. The highest BCUT2D eigenvalue weighted by Gasteiger charge is 2.56. The van der Waals surface area contributed by atoms with Crippen LogP contribution in [0.2, 0.25) is 5.02 Å². The monoisotopic (exact) mass is 479 g/mol. The predicted molar refractivity (Wildman–Crippen MR) is 129 cm³/mol. The zero-order chi connectivity index (χ0) is 23.7. The summed E-state index contributed by atoms with van der Waals surface area (Å²) in [6, 6.07) is 11.2. The van der Waals surface area contributed by atoms with Gasteiger partial charge in [-0.25, -0.2) is 0 Å². The quantitative estimate of drug-likeness (QED) is 0.593. The molecule has 2 saturated heterocycles. The van der Waals surface area contributed by atoms with Crippen LogP contribution >= 0.6 is 11.6 Å². The number of imide groups is 1. The van der Waals surface area contributed by atoms with Gasteiger partial charge in [-0.15, -0.1) is 0 Å². The Labute approximate surface area is 205 Å². The van der Waals surface area contributed by atoms with Gasteiger partial charge in [0.25, 0.3) is 0 Å². The molecule has 1 atom stereocenters. The number of halogens is 1. The first-order valence-electron chi connectivity index (χ1n) is 12.3. The van der Waals surface area contributed by atoms with Gasteiger partial charge in [-0.2, -0.15) is 0 Å². The number of rotatable bonds is 5. The van der Waals surface area contributed by atoms with Crippen molar-refractivity contribution in [3.8, 4) is 0 Å². The number of piperidine rings is 1. The summed E-state index contributed by atoms with van der Waals surface area (Å²) < 4.78 is 0. The summed E-state index contributed by atoms with van der Waals surface area (Å²) in [7, 11) is 0. The lowest BCUT2D eigenvalue weighted by Gasteiger charge is -2.35. The molecule has 3 fully saturated rings. The lowest BCUT2D eigenvalue weighted by atomic mass is 9.75. The number of likely N-dealkylation sites (tertiary alicyclic amines) is 2. The van der Waals surface area contributed by atoms with Crippen molar-refractivity contribution in [2.45, 2.75) is 68.7 Å². The van der Waals surface area contributed by atoms with Crippen LogP contribution in [0.1, 0.15) is 68.4 Å². The molecular formula is C27H30ClN3O3. The van der Waals surface area contributed by atoms with Crippen molar-refractivity contribution in [3.63, 3.8) is 0 Å². The maximum absolute atomic E-state index is 13.9. The first kappa shape index (κ1) is 23.0. The zero-order valence-corrected chi connectivity index (χ0v) is 20.0. The second-order valence-corrected chi connectivity index (χ2v) is 10.3. The van der Waals surface area contributed by atoms with E-state index in [2.05, 4.69) is 4.98 Å². The van der Waals surface area contributed by atoms with Gasteiger partial charge in [-0.3, -0.25) is 24.3 Å². The van der Waals surface area contributed by atoms with Crippen molar-refractivity contribution >= 4 is 29.3 Å². The van der Waals surface area contributed by atoms with Gasteiger partial charge < -0.3 is 4.90 Å². The molecule has 0 spiro atoms. The van der Waals surface area contributed by atoms with Crippen LogP contribution < -0.4 is 0 Å². The van der Waals surface area contributed by atoms with Crippen molar-refractivity contribution in [1.82, 2.24) is 14.8 Å². The van der Waals surface area contributed by atoms with Gasteiger partial charge in [0.1, 0.15) is 0 Å². The van der Waals surface area contributed by atoms with Gasteiger partial charge in [0, 0.05) is 49.4 Å². The maximum Gasteiger partial charge on any atom is 0.241 e. The molecule has 178 valence electrons. The molecule has 2 aliphatic heterocycles. The number of carbonyl (C=O) groups excluding carboxylic acids is 3. The highest BCUT2D eigenvalue weighted by molar-refractivity contribution is 6.32. The molecule has 5 rings (SSSR count). The minimum atomic E-state index is -1.23. The first-order valence-corrected chi connectivity index (χ1v) is 12.7. The van der Waals surface area contributed by atoms with Crippen molar-refractivity contribution in [2.24, 2.45) is 0 Å². The summed E-state index contributed by atoms with van der Waals surface area (Å²) >= 11 is 6.56. The highest BCUT2D eigenvalue weighted by atomic mass is 35.5. The molecule has 0 unspecified atom stereocenters. The van der Waals surface area contributed by atoms with Gasteiger partial charge >= 0.3 is 0 Å². The first-order chi connectivity index (χ1) is 16.5. The normalized spacial score (nSPS) is 24.3. The van der Waals surface area contributed by atoms with E-state index < -0.39 is 5.41 Å². The SMILES string of the molecule is O=C(C[C@]1(c2ccccc2Cl)CC(=O)N(C2CCCC2)C1=O)N1CCC(c2ccncc2)CC1. The van der Waals surface area contributed by atoms with Crippen LogP contribution in [0.25, 0.3) is 0 Å². The summed E-state index contributed by atoms with van der Waals surface area (Å²) in [5, 5.41) is 0.432. The van der Waals surface area contributed by atoms with E-state index >= 15 is 0 Å². The van der Waals surface area contributed by atoms with E-state index in [-0.39, 0.29) is 36.6 Å². The summed E-state index contributed by atoms with van der Waals surface area (Å²) in [4.78, 5) is 48.0. The average Bonchev–Trinajstić information content (AvgIpc) is 3.46. The number of hydrogen-bond acceptors (Lipinski definition) is 4. The lowest BCUT2D eigenvalue weighted by molar-refractivity contribution is -0.145. The molecule has 0 radical (unpaired) electrons. The van der Waals surface area contributed by atoms with E-state index in [1.807, 2.05) is 23.1 Å². The second-order valence-electron chi connectivity index (χ2n) is 9.86. The van der Waals surface area contributed by atoms with E-state index in [1.165, 1.54) is 10.5 Å². The lowest BCUT2D eigenvalue weighted by Crippen LogP contribution is -2.47. The molecule has 34 heavy (non-hydrogen) atoms. The molecule has 1 aliphatic carbocycles. The Bertz CT molecular complexity index is 1080. The van der Waals surface area contributed by atoms with Crippen molar-refractivity contribution in [3.05, 3.63) is 64.9 Å². The van der Waals surface area contributed by atoms with Crippen LogP contribution in [0, 0.1) is 0 Å². The third-order valence-corrected chi connectivity index (χ3v) is 8.24. The number of amides is 3. The van der Waals surface area contributed by atoms with E-state index in [4.69, 9.17) is 11.6 Å². The van der Waals surface area contributed by atoms with Crippen LogP contribution in [0.5, 0.6) is 0 Å². The Kier molecular flexibility index (Phi) is 6.43. The molecule has 6 nitrogen and oxygen atoms in total. The van der Waals surface area contributed by atoms with Crippen LogP contribution in [0.3, 0.4) is 0 Å². The summed E-state index contributed by atoms with van der Waals surface area (Å²) in [6.45, 7) is 1.28. The largest absolute Gasteiger partial charge is 0.343 e. The van der Waals surface area contributed by atoms with Crippen molar-refractivity contribution in [2.75, 3.05) is 13.1 Å². The van der Waals surface area contributed by atoms with Gasteiger partial charge in [-0.1, -0.05) is 42.6 Å². The Hall–Kier alpha value is -2.73. The maximum atomic E-state index is 13.9. The molecule has 3 heterocycles. The van der Waals surface area contributed by atoms with Gasteiger partial charge in [-0.05, 0) is 60.9 Å². The average molecular weight is 480 g/mol. The summed E-state index contributed by atoms with van der Waals surface area (Å²) in [6.07, 6.45) is 9.05. The number of carbonyl (C=O) groups is 3. The number of aromatic nitrogens is 1. The molecule has 1 saturated carbocycles. The van der Waals surface area contributed by atoms with Crippen LogP contribution in [-0.4, -0.2) is 51.6 Å². The summed E-state index contributed by atoms with van der Waals surface area (Å²) in [5.41, 5.74) is 0.616. The molecule has 3 amide bonds. The fraction of sp³-hybridized carbons (Fsp3) is 0.481. The van der Waals surface area contributed by atoms with Gasteiger partial charge in [0.2, 0.25) is 17.7 Å². The molecule has 3 aliphatic rings. The third kappa shape index (κ3) is 4.13. The Morgan fingerprint density at radius 1 is 1.00 bits per heavy atom. The number of hydrogen-bond donors (Lipinski definition) is 0. The molecule has 1 aromatic carbocycles. The number of benzene rings is 1. The predicted octanol–water partition coefficient (Wildman–Crippen LogP) is 4.47. The topological polar surface area (TPSA) is 70.6 Å². The van der Waals surface area contributed by atoms with Gasteiger partial charge in [0.05, 0.1) is 5.41 Å². The Balaban J connectivity index is 1.38. The van der Waals surface area contributed by atoms with E-state index in [0.29, 0.717) is 29.6 Å². The van der Waals surface area contributed by atoms with Crippen LogP contribution in [0.4, 0.5) is 0 Å². The van der Waals surface area contributed by atoms with E-state index in [1.54, 1.807) is 30.6 Å². The second kappa shape index (κ2) is 9.49. The molecule has 2 aromatic rings. The van der Waals surface area contributed by atoms with E-state index in [9.17, 15) is 14.4 Å². The van der Waals surface area contributed by atoms with Crippen LogP contribution in [0.15, 0.2) is 48.8 Å². The third-order valence-electron chi connectivity index (χ3n) is 7.91. The fourth-order valence-corrected chi connectivity index (χ4v) is 6.37. The van der Waals surface area contributed by atoms with Crippen LogP contribution in [-0.2, 0) is 19.8 Å². The smallest absolute Gasteiger partial charge is 0.241 e. The fourth-order valence-electron chi connectivity index (χ4n) is 6.06. The molecule has 7 heteroatoms. The summed E-state index contributed by atoms with van der Waals surface area (Å²) in [5.74, 6) is -0.113. The number of pyridine rings is 1. The minimum absolute atomic E-state index is 0.00525. The van der Waals surface area contributed by atoms with Crippen molar-refractivity contribution in [1.29, 1.82) is 0 Å². The highest BCUT2D eigenvalue weighted by Crippen LogP contribution is 2.45. The minimum Gasteiger partial charge on any atom is -0.343 e. The van der Waals surface area contributed by atoms with E-state index in [0.717, 1.165) is 38.5 Å². The standard InChI is InChI=1S/C27H30ClN3O3/c28-23-8-4-3-7-22(23)27(18-25(33)31(26(27)34)21-5-1-2-6-21)17-24(32)30-15-11-20(12-16-30)19-9-13-29-14-10-19/h3-4,7-10,13-14,20-21H,1-2,5-6,11-12,15-18H2/t27-/m1/s1. The Morgan fingerprint density at radius 3 is 2.35 bits per heavy atom. The zero-order valence-electron chi connectivity index (χ0n) is 19.3. The molecule has 0 bridgehead atoms.